The number of hydrogen-bond acceptors (Lipinski definition) is 4. The topological polar surface area (TPSA) is 72.5 Å². The lowest BCUT2D eigenvalue weighted by molar-refractivity contribution is -0.146. The van der Waals surface area contributed by atoms with Crippen molar-refractivity contribution < 1.29 is 19.1 Å². The molecule has 0 fully saturated rings. The van der Waals surface area contributed by atoms with E-state index >= 15 is 0 Å². The zero-order valence-corrected chi connectivity index (χ0v) is 16.2. The Morgan fingerprint density at radius 2 is 1.58 bits per heavy atom. The molecule has 0 aliphatic heterocycles. The third kappa shape index (κ3) is 5.81. The van der Waals surface area contributed by atoms with Crippen molar-refractivity contribution >= 4 is 33.6 Å². The zero-order chi connectivity index (χ0) is 19.1. The van der Waals surface area contributed by atoms with Crippen molar-refractivity contribution in [3.05, 3.63) is 69.7 Å². The second kappa shape index (κ2) is 9.29. The maximum atomic E-state index is 12.2. The van der Waals surface area contributed by atoms with Gasteiger partial charge in [-0.05, 0) is 38.1 Å². The summed E-state index contributed by atoms with van der Waals surface area (Å²) in [5.41, 5.74) is 2.05. The van der Waals surface area contributed by atoms with E-state index in [9.17, 15) is 14.4 Å². The summed E-state index contributed by atoms with van der Waals surface area (Å²) >= 11 is 3.30. The van der Waals surface area contributed by atoms with Gasteiger partial charge in [0.15, 0.2) is 6.10 Å². The van der Waals surface area contributed by atoms with Crippen molar-refractivity contribution in [1.29, 1.82) is 0 Å². The van der Waals surface area contributed by atoms with Crippen LogP contribution in [0.15, 0.2) is 53.0 Å². The Hall–Kier alpha value is -2.47. The lowest BCUT2D eigenvalue weighted by Gasteiger charge is -2.13. The van der Waals surface area contributed by atoms with Gasteiger partial charge in [0, 0.05) is 22.1 Å². The normalized spacial score (nSPS) is 11.5. The number of Topliss-reactive ketones (excluding diaryl/α,β-unsaturated/α-hetero) is 1. The fourth-order valence-electron chi connectivity index (χ4n) is 2.24. The molecule has 5 nitrogen and oxygen atoms in total. The number of ketones is 1. The number of halogens is 1. The van der Waals surface area contributed by atoms with Crippen molar-refractivity contribution in [2.45, 2.75) is 26.4 Å². The first-order valence-corrected chi connectivity index (χ1v) is 9.00. The summed E-state index contributed by atoms with van der Waals surface area (Å²) in [5.74, 6) is -1.06. The van der Waals surface area contributed by atoms with Gasteiger partial charge >= 0.3 is 5.97 Å². The quantitative estimate of drug-likeness (QED) is 0.550. The molecule has 0 saturated heterocycles. The highest BCUT2D eigenvalue weighted by Gasteiger charge is 2.19. The van der Waals surface area contributed by atoms with E-state index in [0.29, 0.717) is 11.1 Å². The van der Waals surface area contributed by atoms with Crippen molar-refractivity contribution in [2.24, 2.45) is 0 Å². The fourth-order valence-corrected chi connectivity index (χ4v) is 2.51. The highest BCUT2D eigenvalue weighted by molar-refractivity contribution is 9.10. The van der Waals surface area contributed by atoms with Crippen LogP contribution < -0.4 is 5.32 Å². The Labute approximate surface area is 160 Å². The van der Waals surface area contributed by atoms with E-state index in [1.165, 1.54) is 0 Å². The van der Waals surface area contributed by atoms with E-state index in [1.807, 2.05) is 19.1 Å². The first-order valence-electron chi connectivity index (χ1n) is 8.21. The Kier molecular flexibility index (Phi) is 7.09. The molecule has 0 radical (unpaired) electrons. The number of nitrogens with one attached hydrogen (secondary N) is 1. The average Bonchev–Trinajstić information content (AvgIpc) is 2.62. The van der Waals surface area contributed by atoms with Crippen LogP contribution in [0.2, 0.25) is 0 Å². The maximum absolute atomic E-state index is 12.2. The number of esters is 1. The smallest absolute Gasteiger partial charge is 0.308 e. The van der Waals surface area contributed by atoms with E-state index in [2.05, 4.69) is 21.2 Å². The van der Waals surface area contributed by atoms with Crippen LogP contribution in [0, 0.1) is 6.92 Å². The number of aryl methyl sites for hydroxylation is 1. The summed E-state index contributed by atoms with van der Waals surface area (Å²) in [6.45, 7) is 3.61. The third-order valence-corrected chi connectivity index (χ3v) is 4.26. The van der Waals surface area contributed by atoms with E-state index in [0.717, 1.165) is 10.0 Å². The lowest BCUT2D eigenvalue weighted by atomic mass is 10.1. The maximum Gasteiger partial charge on any atom is 0.308 e. The van der Waals surface area contributed by atoms with Crippen LogP contribution >= 0.6 is 15.9 Å². The van der Waals surface area contributed by atoms with Gasteiger partial charge in [-0.2, -0.15) is 0 Å². The SMILES string of the molecule is Cc1ccc(C(=O)[C@H](C)OC(=O)CCNC(=O)c2ccc(Br)cc2)cc1. The second-order valence-corrected chi connectivity index (χ2v) is 6.79. The first kappa shape index (κ1) is 19.8. The molecule has 0 unspecified atom stereocenters. The number of benzene rings is 2. The molecule has 0 spiro atoms. The number of ether oxygens (including phenoxy) is 1. The summed E-state index contributed by atoms with van der Waals surface area (Å²) < 4.78 is 6.03. The Balaban J connectivity index is 1.77. The van der Waals surface area contributed by atoms with Gasteiger partial charge in [-0.3, -0.25) is 14.4 Å². The second-order valence-electron chi connectivity index (χ2n) is 5.88. The fraction of sp³-hybridized carbons (Fsp3) is 0.250. The molecule has 26 heavy (non-hydrogen) atoms. The summed E-state index contributed by atoms with van der Waals surface area (Å²) in [4.78, 5) is 36.1. The number of amides is 1. The highest BCUT2D eigenvalue weighted by atomic mass is 79.9. The number of carbonyl (C=O) groups is 3. The molecule has 0 aliphatic rings. The average molecular weight is 418 g/mol. The monoisotopic (exact) mass is 417 g/mol. The minimum Gasteiger partial charge on any atom is -0.454 e. The molecular weight excluding hydrogens is 398 g/mol. The molecule has 6 heteroatoms. The molecular formula is C20H20BrNO4. The molecule has 2 aromatic rings. The number of rotatable bonds is 7. The first-order chi connectivity index (χ1) is 12.4. The number of hydrogen-bond donors (Lipinski definition) is 1. The lowest BCUT2D eigenvalue weighted by Crippen LogP contribution is -2.29. The van der Waals surface area contributed by atoms with E-state index in [4.69, 9.17) is 4.74 Å². The highest BCUT2D eigenvalue weighted by Crippen LogP contribution is 2.11. The van der Waals surface area contributed by atoms with Crippen LogP contribution in [-0.2, 0) is 9.53 Å². The Morgan fingerprint density at radius 3 is 2.19 bits per heavy atom. The molecule has 0 heterocycles. The zero-order valence-electron chi connectivity index (χ0n) is 14.6. The van der Waals surface area contributed by atoms with Crippen molar-refractivity contribution in [2.75, 3.05) is 6.54 Å². The van der Waals surface area contributed by atoms with Crippen molar-refractivity contribution in [3.63, 3.8) is 0 Å². The van der Waals surface area contributed by atoms with Gasteiger partial charge in [-0.15, -0.1) is 0 Å². The standard InChI is InChI=1S/C20H20BrNO4/c1-13-3-5-15(6-4-13)19(24)14(2)26-18(23)11-12-22-20(25)16-7-9-17(21)10-8-16/h3-10,14H,11-12H2,1-2H3,(H,22,25)/t14-/m0/s1. The van der Waals surface area contributed by atoms with Crippen LogP contribution in [0.5, 0.6) is 0 Å². The van der Waals surface area contributed by atoms with Crippen LogP contribution in [0.25, 0.3) is 0 Å². The van der Waals surface area contributed by atoms with Gasteiger partial charge in [0.1, 0.15) is 0 Å². The van der Waals surface area contributed by atoms with Crippen LogP contribution in [0.3, 0.4) is 0 Å². The minimum absolute atomic E-state index is 0.00616. The van der Waals surface area contributed by atoms with E-state index < -0.39 is 12.1 Å². The molecule has 1 N–H and O–H groups in total. The summed E-state index contributed by atoms with van der Waals surface area (Å²) in [6.07, 6.45) is -0.874. The summed E-state index contributed by atoms with van der Waals surface area (Å²) in [7, 11) is 0. The third-order valence-electron chi connectivity index (χ3n) is 3.73. The van der Waals surface area contributed by atoms with Crippen LogP contribution in [-0.4, -0.2) is 30.3 Å². The van der Waals surface area contributed by atoms with Gasteiger partial charge in [0.25, 0.3) is 5.91 Å². The molecule has 0 aliphatic carbocycles. The predicted molar refractivity (Wildman–Crippen MR) is 102 cm³/mol. The largest absolute Gasteiger partial charge is 0.454 e. The van der Waals surface area contributed by atoms with Gasteiger partial charge in [-0.25, -0.2) is 0 Å². The summed E-state index contributed by atoms with van der Waals surface area (Å²) in [5, 5.41) is 2.65. The molecule has 1 amide bonds. The van der Waals surface area contributed by atoms with Crippen molar-refractivity contribution in [1.82, 2.24) is 5.32 Å². The van der Waals surface area contributed by atoms with Crippen molar-refractivity contribution in [3.8, 4) is 0 Å². The van der Waals surface area contributed by atoms with Gasteiger partial charge in [0.2, 0.25) is 5.78 Å². The van der Waals surface area contributed by atoms with Gasteiger partial charge in [0.05, 0.1) is 6.42 Å². The molecule has 136 valence electrons. The van der Waals surface area contributed by atoms with Crippen LogP contribution in [0.4, 0.5) is 0 Å². The summed E-state index contributed by atoms with van der Waals surface area (Å²) in [6, 6.07) is 14.0. The molecule has 2 rings (SSSR count). The minimum atomic E-state index is -0.868. The molecule has 1 atom stereocenters. The Bertz CT molecular complexity index is 784. The van der Waals surface area contributed by atoms with E-state index in [-0.39, 0.29) is 24.7 Å². The molecule has 0 saturated carbocycles. The van der Waals surface area contributed by atoms with Gasteiger partial charge < -0.3 is 10.1 Å². The number of carbonyl (C=O) groups excluding carboxylic acids is 3. The predicted octanol–water partition coefficient (Wildman–Crippen LogP) is 3.69. The molecule has 2 aromatic carbocycles. The Morgan fingerprint density at radius 1 is 1.00 bits per heavy atom. The van der Waals surface area contributed by atoms with Gasteiger partial charge in [-0.1, -0.05) is 45.8 Å². The van der Waals surface area contributed by atoms with E-state index in [1.54, 1.807) is 43.3 Å². The molecule has 0 aromatic heterocycles. The van der Waals surface area contributed by atoms with Crippen LogP contribution in [0.1, 0.15) is 39.6 Å². The molecule has 0 bridgehead atoms.